The fourth-order valence-corrected chi connectivity index (χ4v) is 2.67. The second kappa shape index (κ2) is 5.62. The molecule has 0 bridgehead atoms. The number of nitrogens with two attached hydrogens (primary N) is 2. The van der Waals surface area contributed by atoms with Crippen LogP contribution in [-0.4, -0.2) is 14.4 Å². The molecule has 0 heterocycles. The summed E-state index contributed by atoms with van der Waals surface area (Å²) >= 11 is 0. The summed E-state index contributed by atoms with van der Waals surface area (Å²) < 4.78 is 26.7. The quantitative estimate of drug-likeness (QED) is 0.583. The molecule has 20 heavy (non-hydrogen) atoms. The fourth-order valence-electron chi connectivity index (χ4n) is 1.60. The third kappa shape index (κ3) is 3.48. The highest BCUT2D eigenvalue weighted by molar-refractivity contribution is 7.92. The minimum atomic E-state index is -3.62. The standard InChI is InChI=1S/C13H14N4O2S/c14-13(15)16-10-5-4-6-11(9-10)17-20(18,19)12-7-2-1-3-8-12/h1-9,17H,(H4,14,15,16). The van der Waals surface area contributed by atoms with Gasteiger partial charge in [0.25, 0.3) is 10.0 Å². The van der Waals surface area contributed by atoms with E-state index in [1.165, 1.54) is 12.1 Å². The van der Waals surface area contributed by atoms with Crippen LogP contribution in [-0.2, 0) is 10.0 Å². The summed E-state index contributed by atoms with van der Waals surface area (Å²) in [5.74, 6) is -0.0898. The lowest BCUT2D eigenvalue weighted by atomic mass is 10.3. The molecular weight excluding hydrogens is 276 g/mol. The Bertz CT molecular complexity index is 723. The zero-order valence-corrected chi connectivity index (χ0v) is 11.3. The van der Waals surface area contributed by atoms with Crippen molar-refractivity contribution in [1.29, 1.82) is 0 Å². The normalized spacial score (nSPS) is 10.8. The molecule has 104 valence electrons. The van der Waals surface area contributed by atoms with E-state index in [-0.39, 0.29) is 10.9 Å². The Balaban J connectivity index is 2.29. The lowest BCUT2D eigenvalue weighted by molar-refractivity contribution is 0.601. The van der Waals surface area contributed by atoms with E-state index in [0.717, 1.165) is 0 Å². The van der Waals surface area contributed by atoms with Crippen LogP contribution < -0.4 is 16.2 Å². The SMILES string of the molecule is NC(N)=Nc1cccc(NS(=O)(=O)c2ccccc2)c1. The average molecular weight is 290 g/mol. The lowest BCUT2D eigenvalue weighted by Gasteiger charge is -2.08. The van der Waals surface area contributed by atoms with Crippen LogP contribution in [0.1, 0.15) is 0 Å². The smallest absolute Gasteiger partial charge is 0.261 e. The van der Waals surface area contributed by atoms with Crippen LogP contribution in [0.2, 0.25) is 0 Å². The molecule has 0 aromatic heterocycles. The number of hydrogen-bond acceptors (Lipinski definition) is 3. The number of guanidine groups is 1. The number of rotatable bonds is 4. The van der Waals surface area contributed by atoms with Crippen molar-refractivity contribution in [1.82, 2.24) is 0 Å². The van der Waals surface area contributed by atoms with Crippen molar-refractivity contribution in [2.75, 3.05) is 4.72 Å². The Hall–Kier alpha value is -2.54. The molecule has 2 aromatic carbocycles. The van der Waals surface area contributed by atoms with Crippen molar-refractivity contribution >= 4 is 27.4 Å². The van der Waals surface area contributed by atoms with Crippen molar-refractivity contribution in [2.45, 2.75) is 4.90 Å². The Morgan fingerprint density at radius 2 is 1.70 bits per heavy atom. The minimum absolute atomic E-state index is 0.0898. The van der Waals surface area contributed by atoms with E-state index in [1.54, 1.807) is 42.5 Å². The third-order valence-electron chi connectivity index (χ3n) is 2.41. The number of sulfonamides is 1. The summed E-state index contributed by atoms with van der Waals surface area (Å²) in [6.07, 6.45) is 0. The van der Waals surface area contributed by atoms with Gasteiger partial charge < -0.3 is 11.5 Å². The number of anilines is 1. The molecule has 0 radical (unpaired) electrons. The molecule has 7 heteroatoms. The molecule has 0 spiro atoms. The zero-order chi connectivity index (χ0) is 14.6. The van der Waals surface area contributed by atoms with Crippen molar-refractivity contribution in [3.63, 3.8) is 0 Å². The van der Waals surface area contributed by atoms with Gasteiger partial charge in [0.2, 0.25) is 0 Å². The van der Waals surface area contributed by atoms with Gasteiger partial charge in [0.1, 0.15) is 0 Å². The van der Waals surface area contributed by atoms with Gasteiger partial charge in [-0.25, -0.2) is 13.4 Å². The Morgan fingerprint density at radius 3 is 2.35 bits per heavy atom. The van der Waals surface area contributed by atoms with Crippen LogP contribution in [0.3, 0.4) is 0 Å². The third-order valence-corrected chi connectivity index (χ3v) is 3.81. The maximum Gasteiger partial charge on any atom is 0.261 e. The Morgan fingerprint density at radius 1 is 1.00 bits per heavy atom. The fraction of sp³-hybridized carbons (Fsp3) is 0. The van der Waals surface area contributed by atoms with Gasteiger partial charge in [-0.05, 0) is 30.3 Å². The molecule has 0 unspecified atom stereocenters. The molecule has 2 aromatic rings. The first-order valence-corrected chi connectivity index (χ1v) is 7.23. The molecule has 5 N–H and O–H groups in total. The molecule has 0 saturated heterocycles. The van der Waals surface area contributed by atoms with Crippen LogP contribution in [0.15, 0.2) is 64.5 Å². The largest absolute Gasteiger partial charge is 0.370 e. The van der Waals surface area contributed by atoms with Crippen LogP contribution in [0, 0.1) is 0 Å². The highest BCUT2D eigenvalue weighted by Gasteiger charge is 2.13. The van der Waals surface area contributed by atoms with Crippen LogP contribution >= 0.6 is 0 Å². The van der Waals surface area contributed by atoms with Gasteiger partial charge in [-0.1, -0.05) is 24.3 Å². The summed E-state index contributed by atoms with van der Waals surface area (Å²) in [5.41, 5.74) is 11.4. The van der Waals surface area contributed by atoms with Crippen LogP contribution in [0.5, 0.6) is 0 Å². The van der Waals surface area contributed by atoms with E-state index in [9.17, 15) is 8.42 Å². The topological polar surface area (TPSA) is 111 Å². The number of hydrogen-bond donors (Lipinski definition) is 3. The van der Waals surface area contributed by atoms with Crippen molar-refractivity contribution in [3.05, 3.63) is 54.6 Å². The van der Waals surface area contributed by atoms with Gasteiger partial charge in [-0.2, -0.15) is 0 Å². The summed E-state index contributed by atoms with van der Waals surface area (Å²) in [7, 11) is -3.62. The summed E-state index contributed by atoms with van der Waals surface area (Å²) in [6.45, 7) is 0. The Kier molecular flexibility index (Phi) is 3.90. The molecular formula is C13H14N4O2S. The van der Waals surface area contributed by atoms with Crippen LogP contribution in [0.25, 0.3) is 0 Å². The molecule has 6 nitrogen and oxygen atoms in total. The molecule has 0 amide bonds. The number of benzene rings is 2. The van der Waals surface area contributed by atoms with Crippen molar-refractivity contribution in [2.24, 2.45) is 16.5 Å². The average Bonchev–Trinajstić information content (AvgIpc) is 2.39. The zero-order valence-electron chi connectivity index (χ0n) is 10.5. The van der Waals surface area contributed by atoms with E-state index in [0.29, 0.717) is 11.4 Å². The maximum absolute atomic E-state index is 12.1. The summed E-state index contributed by atoms with van der Waals surface area (Å²) in [6, 6.07) is 14.6. The first-order valence-electron chi connectivity index (χ1n) is 5.75. The second-order valence-corrected chi connectivity index (χ2v) is 5.69. The first kappa shape index (κ1) is 13.9. The molecule has 0 aliphatic carbocycles. The summed E-state index contributed by atoms with van der Waals surface area (Å²) in [5, 5.41) is 0. The van der Waals surface area contributed by atoms with Crippen molar-refractivity contribution < 1.29 is 8.42 Å². The van der Waals surface area contributed by atoms with Gasteiger partial charge in [0.15, 0.2) is 5.96 Å². The van der Waals surface area contributed by atoms with Gasteiger partial charge in [0, 0.05) is 0 Å². The van der Waals surface area contributed by atoms with E-state index in [2.05, 4.69) is 9.71 Å². The summed E-state index contributed by atoms with van der Waals surface area (Å²) in [4.78, 5) is 4.05. The van der Waals surface area contributed by atoms with E-state index in [1.807, 2.05) is 0 Å². The highest BCUT2D eigenvalue weighted by atomic mass is 32.2. The van der Waals surface area contributed by atoms with E-state index in [4.69, 9.17) is 11.5 Å². The van der Waals surface area contributed by atoms with Crippen molar-refractivity contribution in [3.8, 4) is 0 Å². The predicted molar refractivity (Wildman–Crippen MR) is 79.2 cm³/mol. The van der Waals surface area contributed by atoms with E-state index < -0.39 is 10.0 Å². The van der Waals surface area contributed by atoms with Gasteiger partial charge in [-0.3, -0.25) is 4.72 Å². The molecule has 0 aliphatic heterocycles. The molecule has 0 fully saturated rings. The maximum atomic E-state index is 12.1. The molecule has 2 rings (SSSR count). The monoisotopic (exact) mass is 290 g/mol. The minimum Gasteiger partial charge on any atom is -0.370 e. The lowest BCUT2D eigenvalue weighted by Crippen LogP contribution is -2.21. The number of aliphatic imine (C=N–C) groups is 1. The van der Waals surface area contributed by atoms with Crippen LogP contribution in [0.4, 0.5) is 11.4 Å². The van der Waals surface area contributed by atoms with Gasteiger partial charge in [0.05, 0.1) is 16.3 Å². The Labute approximate surface area is 117 Å². The number of nitrogens with one attached hydrogen (secondary N) is 1. The van der Waals surface area contributed by atoms with Gasteiger partial charge >= 0.3 is 0 Å². The molecule has 0 saturated carbocycles. The van der Waals surface area contributed by atoms with Gasteiger partial charge in [-0.15, -0.1) is 0 Å². The second-order valence-electron chi connectivity index (χ2n) is 4.01. The molecule has 0 aliphatic rings. The highest BCUT2D eigenvalue weighted by Crippen LogP contribution is 2.20. The molecule has 0 atom stereocenters. The first-order chi connectivity index (χ1) is 9.47. The number of nitrogens with zero attached hydrogens (tertiary/aromatic N) is 1. The predicted octanol–water partition coefficient (Wildman–Crippen LogP) is 1.39. The van der Waals surface area contributed by atoms with E-state index >= 15 is 0 Å².